The van der Waals surface area contributed by atoms with E-state index in [1.54, 1.807) is 31.1 Å². The predicted octanol–water partition coefficient (Wildman–Crippen LogP) is -1.19. The molecule has 0 aromatic heterocycles. The molecule has 0 radical (unpaired) electrons. The van der Waals surface area contributed by atoms with Crippen LogP contribution in [-0.4, -0.2) is 223 Å². The average molecular weight is 1230 g/mol. The van der Waals surface area contributed by atoms with Crippen LogP contribution in [0.2, 0.25) is 0 Å². The second kappa shape index (κ2) is 30.4. The molecule has 4 aromatic rings. The minimum absolute atomic E-state index is 0.0553. The molecular formula is C62H84N10O16. The molecule has 26 nitrogen and oxygen atoms in total. The number of carbonyl (C=O) groups excluding carboxylic acids is 7. The summed E-state index contributed by atoms with van der Waals surface area (Å²) in [6.45, 7) is 6.06. The first-order valence-corrected chi connectivity index (χ1v) is 29.6. The van der Waals surface area contributed by atoms with E-state index in [0.717, 1.165) is 89.1 Å². The van der Waals surface area contributed by atoms with Gasteiger partial charge in [0.15, 0.2) is 0 Å². The molecule has 4 aromatic carbocycles. The number of amides is 7. The molecule has 7 amide bonds. The van der Waals surface area contributed by atoms with Gasteiger partial charge in [0.25, 0.3) is 5.91 Å². The van der Waals surface area contributed by atoms with Crippen molar-refractivity contribution in [2.75, 3.05) is 52.6 Å². The number of aliphatic hydroxyl groups excluding tert-OH is 7. The summed E-state index contributed by atoms with van der Waals surface area (Å²) in [4.78, 5) is 106. The summed E-state index contributed by atoms with van der Waals surface area (Å²) in [5.41, 5.74) is 9.00. The lowest BCUT2D eigenvalue weighted by Gasteiger charge is -2.34. The summed E-state index contributed by atoms with van der Waals surface area (Å²) < 4.78 is 5.87. The van der Waals surface area contributed by atoms with Crippen LogP contribution in [0.5, 0.6) is 11.5 Å². The molecule has 0 bridgehead atoms. The van der Waals surface area contributed by atoms with Crippen molar-refractivity contribution in [1.29, 1.82) is 0 Å². The van der Waals surface area contributed by atoms with Gasteiger partial charge in [-0.3, -0.25) is 38.9 Å². The summed E-state index contributed by atoms with van der Waals surface area (Å²) in [5, 5.41) is 106. The van der Waals surface area contributed by atoms with Crippen molar-refractivity contribution < 1.29 is 79.2 Å². The SMILES string of the molecule is CCCCCOc1ccc(-c2ccc(-c3ccc(C(=O)N[C@H]4C[C@@H](O)[C@@H](NCCN(C)C)NC(=O)[C@@H]5[C@@H](O)[C@@H](C)CN5C(=O)[C@H]([C@@H](C)O)NC(=O)[C@H]([C@H](O)[C@@H](O)c5ccc(O)c(N)c5)NC(=O)[C@@H]5C[C@@H](O)CN5C(=O)[C@H]([C@@H](C)O)NC4=O)cc3)cc2)cc1. The molecule has 478 valence electrons. The summed E-state index contributed by atoms with van der Waals surface area (Å²) in [6.07, 6.45) is -12.4. The summed E-state index contributed by atoms with van der Waals surface area (Å²) in [5.74, 6) is -8.37. The highest BCUT2D eigenvalue weighted by Gasteiger charge is 2.50. The Morgan fingerprint density at radius 2 is 1.26 bits per heavy atom. The van der Waals surface area contributed by atoms with Crippen molar-refractivity contribution in [3.63, 3.8) is 0 Å². The molecule has 0 unspecified atom stereocenters. The molecule has 0 saturated carbocycles. The predicted molar refractivity (Wildman–Crippen MR) is 322 cm³/mol. The van der Waals surface area contributed by atoms with E-state index in [1.165, 1.54) is 19.1 Å². The van der Waals surface area contributed by atoms with Crippen LogP contribution >= 0.6 is 0 Å². The van der Waals surface area contributed by atoms with Crippen molar-refractivity contribution in [2.45, 2.75) is 145 Å². The maximum Gasteiger partial charge on any atom is 0.251 e. The molecule has 26 heteroatoms. The fraction of sp³-hybridized carbons (Fsp3) is 0.500. The smallest absolute Gasteiger partial charge is 0.251 e. The normalized spacial score (nSPS) is 26.5. The van der Waals surface area contributed by atoms with Gasteiger partial charge >= 0.3 is 0 Å². The first-order chi connectivity index (χ1) is 41.8. The number of aromatic hydroxyl groups is 1. The highest BCUT2D eigenvalue weighted by molar-refractivity contribution is 6.00. The molecule has 3 heterocycles. The Balaban J connectivity index is 1.23. The molecule has 3 aliphatic rings. The number of likely N-dealkylation sites (N-methyl/N-ethyl adjacent to an activating group) is 1. The largest absolute Gasteiger partial charge is 0.506 e. The number of nitrogens with one attached hydrogen (secondary N) is 6. The molecule has 16 N–H and O–H groups in total. The third kappa shape index (κ3) is 16.7. The average Bonchev–Trinajstić information content (AvgIpc) is 4.11. The molecule has 88 heavy (non-hydrogen) atoms. The quantitative estimate of drug-likeness (QED) is 0.0316. The molecule has 15 atom stereocenters. The number of unbranched alkanes of at least 4 members (excludes halogenated alkanes) is 2. The summed E-state index contributed by atoms with van der Waals surface area (Å²) >= 11 is 0. The van der Waals surface area contributed by atoms with E-state index in [4.69, 9.17) is 10.5 Å². The maximum absolute atomic E-state index is 14.8. The number of hydrogen-bond donors (Lipinski definition) is 15. The molecule has 0 aliphatic carbocycles. The number of benzene rings is 4. The highest BCUT2D eigenvalue weighted by atomic mass is 16.5. The number of ether oxygens (including phenoxy) is 1. The number of nitrogens with two attached hydrogens (primary N) is 1. The van der Waals surface area contributed by atoms with Crippen LogP contribution < -0.4 is 42.4 Å². The van der Waals surface area contributed by atoms with Crippen LogP contribution in [0.25, 0.3) is 22.3 Å². The van der Waals surface area contributed by atoms with E-state index in [-0.39, 0.29) is 29.9 Å². The monoisotopic (exact) mass is 1220 g/mol. The Hall–Kier alpha value is -7.79. The minimum atomic E-state index is -2.34. The highest BCUT2D eigenvalue weighted by Crippen LogP contribution is 2.31. The first kappa shape index (κ1) is 67.7. The molecule has 3 aliphatic heterocycles. The van der Waals surface area contributed by atoms with Crippen LogP contribution in [0, 0.1) is 5.92 Å². The van der Waals surface area contributed by atoms with Crippen LogP contribution in [0.4, 0.5) is 5.69 Å². The number of rotatable bonds is 18. The number of anilines is 1. The van der Waals surface area contributed by atoms with E-state index in [2.05, 4.69) is 38.8 Å². The zero-order chi connectivity index (χ0) is 64.3. The van der Waals surface area contributed by atoms with Gasteiger partial charge in [-0.25, -0.2) is 0 Å². The lowest BCUT2D eigenvalue weighted by molar-refractivity contribution is -0.148. The lowest BCUT2D eigenvalue weighted by Crippen LogP contribution is -2.64. The second-order valence-electron chi connectivity index (χ2n) is 23.3. The zero-order valence-corrected chi connectivity index (χ0v) is 50.2. The number of hydrogen-bond acceptors (Lipinski definition) is 19. The fourth-order valence-corrected chi connectivity index (χ4v) is 11.0. The van der Waals surface area contributed by atoms with Gasteiger partial charge in [-0.2, -0.15) is 0 Å². The Morgan fingerprint density at radius 3 is 1.83 bits per heavy atom. The zero-order valence-electron chi connectivity index (χ0n) is 50.2. The third-order valence-corrected chi connectivity index (χ3v) is 16.1. The van der Waals surface area contributed by atoms with Crippen molar-refractivity contribution >= 4 is 47.0 Å². The Labute approximate surface area is 510 Å². The van der Waals surface area contributed by atoms with Crippen molar-refractivity contribution in [2.24, 2.45) is 5.92 Å². The van der Waals surface area contributed by atoms with E-state index in [0.29, 0.717) is 13.2 Å². The van der Waals surface area contributed by atoms with Gasteiger partial charge in [-0.05, 0) is 98.6 Å². The topological polar surface area (TPSA) is 398 Å². The summed E-state index contributed by atoms with van der Waals surface area (Å²) in [7, 11) is 3.51. The van der Waals surface area contributed by atoms with Gasteiger partial charge in [-0.15, -0.1) is 0 Å². The molecule has 7 rings (SSSR count). The minimum Gasteiger partial charge on any atom is -0.506 e. The molecule has 3 fully saturated rings. The third-order valence-electron chi connectivity index (χ3n) is 16.1. The first-order valence-electron chi connectivity index (χ1n) is 29.6. The number of nitrogen functional groups attached to an aromatic ring is 1. The van der Waals surface area contributed by atoms with Crippen LogP contribution in [0.15, 0.2) is 91.0 Å². The Kier molecular flexibility index (Phi) is 23.4. The number of phenols is 1. The number of nitrogens with zero attached hydrogens (tertiary/aromatic N) is 3. The van der Waals surface area contributed by atoms with Gasteiger partial charge in [0, 0.05) is 50.5 Å². The van der Waals surface area contributed by atoms with Crippen LogP contribution in [0.3, 0.4) is 0 Å². The molecule has 3 saturated heterocycles. The van der Waals surface area contributed by atoms with Gasteiger partial charge in [0.05, 0.1) is 42.8 Å². The van der Waals surface area contributed by atoms with Crippen molar-refractivity contribution in [3.05, 3.63) is 102 Å². The van der Waals surface area contributed by atoms with Crippen LogP contribution in [0.1, 0.15) is 81.8 Å². The van der Waals surface area contributed by atoms with E-state index in [9.17, 15) is 74.4 Å². The van der Waals surface area contributed by atoms with E-state index in [1.807, 2.05) is 48.5 Å². The summed E-state index contributed by atoms with van der Waals surface area (Å²) in [6, 6.07) is 13.8. The van der Waals surface area contributed by atoms with Crippen molar-refractivity contribution in [3.8, 4) is 33.8 Å². The van der Waals surface area contributed by atoms with Crippen molar-refractivity contribution in [1.82, 2.24) is 46.6 Å². The van der Waals surface area contributed by atoms with Gasteiger partial charge in [0.2, 0.25) is 35.4 Å². The standard InChI is InChI=1S/C62H84N10O16/c1-7-8-9-26-88-42-21-18-38(19-22-42)36-12-10-35(11-13-36)37-14-16-39(17-15-37)56(81)65-44-29-47(77)55(64-24-25-70(5)6)69-60(85)51-52(78)32(2)30-72(51)62(87)49(34(4)74)67-59(84)50(54(80)53(79)40-20-23-46(76)43(63)27-40)68-58(83)45-28-41(75)31-71(45)61(86)48(33(3)73)66-57(44)82/h10-23,27,32-34,41,44-45,47-55,64,73-80H,7-9,24-26,28-31,63H2,1-6H3,(H,65,81)(H,66,82)(H,67,84)(H,68,83)(H,69,85)/t32-,33+,34+,41+,44-,45-,47+,48-,49-,50-,51-,52-,53-,54-,55-/m0/s1. The Morgan fingerprint density at radius 1 is 0.705 bits per heavy atom. The fourth-order valence-electron chi connectivity index (χ4n) is 11.0. The Bertz CT molecular complexity index is 3060. The number of fused-ring (bicyclic) bond motifs is 2. The van der Waals surface area contributed by atoms with E-state index >= 15 is 0 Å². The lowest BCUT2D eigenvalue weighted by atomic mass is 9.96. The van der Waals surface area contributed by atoms with Gasteiger partial charge in [-0.1, -0.05) is 81.3 Å². The number of aliphatic hydroxyl groups is 7. The van der Waals surface area contributed by atoms with Gasteiger partial charge in [0.1, 0.15) is 66.1 Å². The maximum atomic E-state index is 14.8. The van der Waals surface area contributed by atoms with E-state index < -0.39 is 158 Å². The van der Waals surface area contributed by atoms with Crippen LogP contribution in [-0.2, 0) is 28.8 Å². The second-order valence-corrected chi connectivity index (χ2v) is 23.3. The van der Waals surface area contributed by atoms with Gasteiger partial charge < -0.3 is 92.6 Å². The molecular weight excluding hydrogens is 1140 g/mol. The molecule has 0 spiro atoms. The number of carbonyl (C=O) groups is 7. The number of phenolic OH excluding ortho intramolecular Hbond substituents is 1.